The van der Waals surface area contributed by atoms with Crippen LogP contribution in [0.4, 0.5) is 0 Å². The maximum atomic E-state index is 12.6. The van der Waals surface area contributed by atoms with E-state index in [1.54, 1.807) is 12.5 Å². The molecular formula is C21H21N3O2. The molecule has 2 atom stereocenters. The van der Waals surface area contributed by atoms with Crippen LogP contribution >= 0.6 is 0 Å². The summed E-state index contributed by atoms with van der Waals surface area (Å²) in [5.74, 6) is 0.767. The number of carbonyl (C=O) groups excluding carboxylic acids is 1. The van der Waals surface area contributed by atoms with E-state index in [2.05, 4.69) is 10.3 Å². The van der Waals surface area contributed by atoms with Crippen molar-refractivity contribution in [2.24, 2.45) is 5.92 Å². The molecule has 0 aliphatic carbocycles. The fraction of sp³-hybridized carbons (Fsp3) is 0.238. The Balaban J connectivity index is 1.40. The Morgan fingerprint density at radius 1 is 1.23 bits per heavy atom. The number of para-hydroxylation sites is 1. The van der Waals surface area contributed by atoms with Gasteiger partial charge in [-0.2, -0.15) is 0 Å². The highest BCUT2D eigenvalue weighted by Gasteiger charge is 2.26. The summed E-state index contributed by atoms with van der Waals surface area (Å²) in [7, 11) is 0. The Labute approximate surface area is 152 Å². The molecule has 26 heavy (non-hydrogen) atoms. The smallest absolute Gasteiger partial charge is 0.227 e. The number of fused-ring (bicyclic) bond motifs is 1. The summed E-state index contributed by atoms with van der Waals surface area (Å²) in [6.07, 6.45) is 6.14. The lowest BCUT2D eigenvalue weighted by Gasteiger charge is -2.26. The lowest BCUT2D eigenvalue weighted by Crippen LogP contribution is -2.38. The molecule has 4 rings (SSSR count). The highest BCUT2D eigenvalue weighted by atomic mass is 16.5. The Bertz CT molecular complexity index is 888. The molecule has 1 aromatic heterocycles. The van der Waals surface area contributed by atoms with E-state index < -0.39 is 0 Å². The van der Waals surface area contributed by atoms with E-state index in [0.717, 1.165) is 22.6 Å². The number of nitrogens with zero attached hydrogens (tertiary/aromatic N) is 2. The second-order valence-corrected chi connectivity index (χ2v) is 6.61. The predicted octanol–water partition coefficient (Wildman–Crippen LogP) is 3.30. The van der Waals surface area contributed by atoms with Crippen molar-refractivity contribution in [3.8, 4) is 11.4 Å². The van der Waals surface area contributed by atoms with Crippen LogP contribution in [0.2, 0.25) is 0 Å². The van der Waals surface area contributed by atoms with Crippen LogP contribution in [0.25, 0.3) is 5.69 Å². The van der Waals surface area contributed by atoms with Gasteiger partial charge in [0.15, 0.2) is 0 Å². The average Bonchev–Trinajstić information content (AvgIpc) is 3.22. The van der Waals surface area contributed by atoms with Crippen molar-refractivity contribution in [1.29, 1.82) is 0 Å². The molecule has 0 fully saturated rings. The number of rotatable bonds is 4. The normalized spacial score (nSPS) is 17.0. The van der Waals surface area contributed by atoms with E-state index in [-0.39, 0.29) is 17.9 Å². The van der Waals surface area contributed by atoms with E-state index in [0.29, 0.717) is 13.0 Å². The van der Waals surface area contributed by atoms with Gasteiger partial charge in [0, 0.05) is 18.1 Å². The monoisotopic (exact) mass is 347 g/mol. The third-order valence-electron chi connectivity index (χ3n) is 4.80. The second kappa shape index (κ2) is 7.04. The molecule has 5 nitrogen and oxygen atoms in total. The third kappa shape index (κ3) is 3.33. The van der Waals surface area contributed by atoms with Gasteiger partial charge in [-0.25, -0.2) is 4.98 Å². The summed E-state index contributed by atoms with van der Waals surface area (Å²) in [4.78, 5) is 16.7. The first-order chi connectivity index (χ1) is 12.7. The van der Waals surface area contributed by atoms with Crippen LogP contribution in [0.3, 0.4) is 0 Å². The molecule has 1 N–H and O–H groups in total. The maximum Gasteiger partial charge on any atom is 0.227 e. The molecule has 132 valence electrons. The number of hydrogen-bond donors (Lipinski definition) is 1. The summed E-state index contributed by atoms with van der Waals surface area (Å²) in [5.41, 5.74) is 3.21. The van der Waals surface area contributed by atoms with Gasteiger partial charge >= 0.3 is 0 Å². The number of ether oxygens (including phenoxy) is 1. The molecule has 2 heterocycles. The van der Waals surface area contributed by atoms with Crippen molar-refractivity contribution in [3.05, 3.63) is 78.4 Å². The van der Waals surface area contributed by atoms with Gasteiger partial charge in [-0.15, -0.1) is 0 Å². The molecule has 1 aliphatic rings. The molecule has 0 unspecified atom stereocenters. The molecule has 5 heteroatoms. The van der Waals surface area contributed by atoms with Gasteiger partial charge in [-0.1, -0.05) is 30.3 Å². The SMILES string of the molecule is C[C@@H](NC(=O)[C@@H]1COc2ccccc2C1)c1ccc(-n2ccnc2)cc1. The summed E-state index contributed by atoms with van der Waals surface area (Å²) in [6.45, 7) is 2.43. The van der Waals surface area contributed by atoms with Crippen molar-refractivity contribution in [2.75, 3.05) is 6.61 Å². The summed E-state index contributed by atoms with van der Waals surface area (Å²) in [6, 6.07) is 16.0. The maximum absolute atomic E-state index is 12.6. The summed E-state index contributed by atoms with van der Waals surface area (Å²) < 4.78 is 7.68. The van der Waals surface area contributed by atoms with Gasteiger partial charge in [0.2, 0.25) is 5.91 Å². The number of benzene rings is 2. The molecule has 0 radical (unpaired) electrons. The molecule has 3 aromatic rings. The zero-order valence-corrected chi connectivity index (χ0v) is 14.6. The van der Waals surface area contributed by atoms with Crippen molar-refractivity contribution >= 4 is 5.91 Å². The quantitative estimate of drug-likeness (QED) is 0.788. The number of hydrogen-bond acceptors (Lipinski definition) is 3. The Kier molecular flexibility index (Phi) is 4.44. The largest absolute Gasteiger partial charge is 0.492 e. The van der Waals surface area contributed by atoms with E-state index >= 15 is 0 Å². The molecular weight excluding hydrogens is 326 g/mol. The number of imidazole rings is 1. The van der Waals surface area contributed by atoms with Crippen molar-refractivity contribution in [1.82, 2.24) is 14.9 Å². The minimum absolute atomic E-state index is 0.0330. The second-order valence-electron chi connectivity index (χ2n) is 6.61. The lowest BCUT2D eigenvalue weighted by atomic mass is 9.95. The highest BCUT2D eigenvalue weighted by Crippen LogP contribution is 2.27. The third-order valence-corrected chi connectivity index (χ3v) is 4.80. The topological polar surface area (TPSA) is 56.1 Å². The minimum atomic E-state index is -0.155. The van der Waals surface area contributed by atoms with Gasteiger partial charge in [0.25, 0.3) is 0 Å². The van der Waals surface area contributed by atoms with Gasteiger partial charge in [-0.05, 0) is 42.7 Å². The number of carbonyl (C=O) groups is 1. The molecule has 0 saturated heterocycles. The van der Waals surface area contributed by atoms with E-state index in [9.17, 15) is 4.79 Å². The lowest BCUT2D eigenvalue weighted by molar-refractivity contribution is -0.126. The zero-order chi connectivity index (χ0) is 17.9. The molecule has 0 spiro atoms. The molecule has 0 saturated carbocycles. The fourth-order valence-corrected chi connectivity index (χ4v) is 3.26. The number of nitrogens with one attached hydrogen (secondary N) is 1. The Hall–Kier alpha value is -3.08. The minimum Gasteiger partial charge on any atom is -0.492 e. The van der Waals surface area contributed by atoms with Gasteiger partial charge < -0.3 is 14.6 Å². The molecule has 1 amide bonds. The van der Waals surface area contributed by atoms with Gasteiger partial charge in [-0.3, -0.25) is 4.79 Å². The fourth-order valence-electron chi connectivity index (χ4n) is 3.26. The van der Waals surface area contributed by atoms with Gasteiger partial charge in [0.1, 0.15) is 12.4 Å². The summed E-state index contributed by atoms with van der Waals surface area (Å²) >= 11 is 0. The van der Waals surface area contributed by atoms with Crippen molar-refractivity contribution < 1.29 is 9.53 Å². The number of amides is 1. The van der Waals surface area contributed by atoms with Crippen LogP contribution in [0.15, 0.2) is 67.3 Å². The van der Waals surface area contributed by atoms with Crippen molar-refractivity contribution in [3.63, 3.8) is 0 Å². The average molecular weight is 347 g/mol. The van der Waals surface area contributed by atoms with Crippen LogP contribution < -0.4 is 10.1 Å². The van der Waals surface area contributed by atoms with E-state index in [1.165, 1.54) is 0 Å². The van der Waals surface area contributed by atoms with Crippen molar-refractivity contribution in [2.45, 2.75) is 19.4 Å². The highest BCUT2D eigenvalue weighted by molar-refractivity contribution is 5.80. The van der Waals surface area contributed by atoms with Crippen LogP contribution in [0.5, 0.6) is 5.75 Å². The first-order valence-electron chi connectivity index (χ1n) is 8.80. The Morgan fingerprint density at radius 2 is 2.04 bits per heavy atom. The van der Waals surface area contributed by atoms with Crippen LogP contribution in [-0.2, 0) is 11.2 Å². The first-order valence-corrected chi connectivity index (χ1v) is 8.80. The number of aromatic nitrogens is 2. The predicted molar refractivity (Wildman–Crippen MR) is 99.3 cm³/mol. The van der Waals surface area contributed by atoms with Crippen LogP contribution in [-0.4, -0.2) is 22.1 Å². The standard InChI is InChI=1S/C21H21N3O2/c1-15(16-6-8-19(9-7-16)24-11-10-22-14-24)23-21(25)18-12-17-4-2-3-5-20(17)26-13-18/h2-11,14-15,18H,12-13H2,1H3,(H,23,25)/t15-,18+/m1/s1. The molecule has 2 aromatic carbocycles. The van der Waals surface area contributed by atoms with Gasteiger partial charge in [0.05, 0.1) is 18.3 Å². The van der Waals surface area contributed by atoms with Crippen LogP contribution in [0, 0.1) is 5.92 Å². The molecule has 1 aliphatic heterocycles. The van der Waals surface area contributed by atoms with Crippen LogP contribution in [0.1, 0.15) is 24.1 Å². The molecule has 0 bridgehead atoms. The first kappa shape index (κ1) is 16.4. The zero-order valence-electron chi connectivity index (χ0n) is 14.6. The van der Waals surface area contributed by atoms with E-state index in [1.807, 2.05) is 66.2 Å². The Morgan fingerprint density at radius 3 is 2.81 bits per heavy atom. The van der Waals surface area contributed by atoms with E-state index in [4.69, 9.17) is 4.74 Å². The summed E-state index contributed by atoms with van der Waals surface area (Å²) in [5, 5.41) is 3.11.